The summed E-state index contributed by atoms with van der Waals surface area (Å²) in [5.74, 6) is -0.287. The van der Waals surface area contributed by atoms with Gasteiger partial charge >= 0.3 is 6.03 Å². The van der Waals surface area contributed by atoms with Crippen LogP contribution in [0.25, 0.3) is 0 Å². The molecule has 2 aromatic rings. The molecule has 108 valence electrons. The Morgan fingerprint density at radius 2 is 1.71 bits per heavy atom. The van der Waals surface area contributed by atoms with Crippen molar-refractivity contribution in [1.82, 2.24) is 5.32 Å². The predicted octanol–water partition coefficient (Wildman–Crippen LogP) is 2.41. The Morgan fingerprint density at radius 3 is 2.33 bits per heavy atom. The van der Waals surface area contributed by atoms with Gasteiger partial charge in [0.15, 0.2) is 5.96 Å². The first-order chi connectivity index (χ1) is 10.1. The van der Waals surface area contributed by atoms with Crippen LogP contribution in [-0.2, 0) is 0 Å². The van der Waals surface area contributed by atoms with Crippen molar-refractivity contribution in [2.24, 2.45) is 16.5 Å². The molecule has 6 heteroatoms. The van der Waals surface area contributed by atoms with Gasteiger partial charge in [-0.1, -0.05) is 54.1 Å². The molecule has 0 fully saturated rings. The maximum absolute atomic E-state index is 11.8. The Labute approximate surface area is 127 Å². The zero-order chi connectivity index (χ0) is 15.2. The number of rotatable bonds is 3. The number of urea groups is 1. The zero-order valence-electron chi connectivity index (χ0n) is 11.2. The minimum atomic E-state index is -0.608. The number of amides is 2. The summed E-state index contributed by atoms with van der Waals surface area (Å²) in [6.07, 6.45) is 0. The van der Waals surface area contributed by atoms with E-state index in [0.717, 1.165) is 11.1 Å². The van der Waals surface area contributed by atoms with Gasteiger partial charge in [0.25, 0.3) is 0 Å². The largest absolute Gasteiger partial charge is 0.370 e. The molecule has 0 aromatic heterocycles. The number of guanidine groups is 1. The third-order valence-electron chi connectivity index (χ3n) is 2.81. The number of nitrogens with zero attached hydrogens (tertiary/aromatic N) is 1. The fourth-order valence-corrected chi connectivity index (χ4v) is 2.16. The third-order valence-corrected chi connectivity index (χ3v) is 3.05. The molecular formula is C15H15ClN4O. The van der Waals surface area contributed by atoms with Gasteiger partial charge in [0, 0.05) is 5.02 Å². The number of nitrogens with two attached hydrogens (primary N) is 2. The molecule has 2 rings (SSSR count). The van der Waals surface area contributed by atoms with Crippen LogP contribution >= 0.6 is 11.6 Å². The number of halogens is 1. The Bertz CT molecular complexity index is 654. The summed E-state index contributed by atoms with van der Waals surface area (Å²) in [5.41, 5.74) is 12.2. The maximum atomic E-state index is 11.8. The van der Waals surface area contributed by atoms with Crippen molar-refractivity contribution >= 4 is 23.6 Å². The van der Waals surface area contributed by atoms with Crippen LogP contribution in [-0.4, -0.2) is 12.0 Å². The molecule has 21 heavy (non-hydrogen) atoms. The third kappa shape index (κ3) is 4.22. The van der Waals surface area contributed by atoms with E-state index in [0.29, 0.717) is 5.02 Å². The maximum Gasteiger partial charge on any atom is 0.344 e. The number of nitrogens with one attached hydrogen (secondary N) is 1. The van der Waals surface area contributed by atoms with Gasteiger partial charge in [0.05, 0.1) is 6.04 Å². The highest BCUT2D eigenvalue weighted by Gasteiger charge is 2.16. The van der Waals surface area contributed by atoms with Crippen LogP contribution in [0.4, 0.5) is 4.79 Å². The second-order valence-electron chi connectivity index (χ2n) is 4.38. The summed E-state index contributed by atoms with van der Waals surface area (Å²) in [7, 11) is 0. The Balaban J connectivity index is 2.36. The molecule has 0 aliphatic carbocycles. The smallest absolute Gasteiger partial charge is 0.344 e. The van der Waals surface area contributed by atoms with E-state index in [2.05, 4.69) is 10.3 Å². The van der Waals surface area contributed by atoms with Crippen molar-refractivity contribution in [2.45, 2.75) is 6.04 Å². The fourth-order valence-electron chi connectivity index (χ4n) is 1.96. The average molecular weight is 303 g/mol. The van der Waals surface area contributed by atoms with Crippen LogP contribution in [0.15, 0.2) is 59.6 Å². The van der Waals surface area contributed by atoms with E-state index in [1.54, 1.807) is 12.1 Å². The molecule has 0 spiro atoms. The molecule has 0 radical (unpaired) electrons. The lowest BCUT2D eigenvalue weighted by molar-refractivity contribution is 0.247. The van der Waals surface area contributed by atoms with Crippen molar-refractivity contribution in [3.63, 3.8) is 0 Å². The predicted molar refractivity (Wildman–Crippen MR) is 84.1 cm³/mol. The summed E-state index contributed by atoms with van der Waals surface area (Å²) in [6.45, 7) is 0. The highest BCUT2D eigenvalue weighted by molar-refractivity contribution is 6.30. The molecule has 0 aliphatic heterocycles. The first-order valence-corrected chi connectivity index (χ1v) is 6.64. The molecule has 5 N–H and O–H groups in total. The van der Waals surface area contributed by atoms with Gasteiger partial charge in [-0.15, -0.1) is 0 Å². The van der Waals surface area contributed by atoms with Crippen LogP contribution in [0.1, 0.15) is 17.2 Å². The number of carbonyl (C=O) groups excluding carboxylic acids is 1. The second kappa shape index (κ2) is 6.76. The summed E-state index contributed by atoms with van der Waals surface area (Å²) in [6, 6.07) is 15.7. The Kier molecular flexibility index (Phi) is 4.79. The van der Waals surface area contributed by atoms with Gasteiger partial charge in [0.1, 0.15) is 0 Å². The highest BCUT2D eigenvalue weighted by Crippen LogP contribution is 2.24. The van der Waals surface area contributed by atoms with Gasteiger partial charge in [-0.25, -0.2) is 4.79 Å². The van der Waals surface area contributed by atoms with Crippen molar-refractivity contribution in [2.75, 3.05) is 0 Å². The molecule has 0 bridgehead atoms. The second-order valence-corrected chi connectivity index (χ2v) is 4.82. The van der Waals surface area contributed by atoms with Crippen LogP contribution < -0.4 is 16.8 Å². The van der Waals surface area contributed by atoms with Crippen molar-refractivity contribution in [1.29, 1.82) is 0 Å². The lowest BCUT2D eigenvalue weighted by Crippen LogP contribution is -2.31. The molecule has 5 nitrogen and oxygen atoms in total. The van der Waals surface area contributed by atoms with Gasteiger partial charge in [-0.3, -0.25) is 0 Å². The van der Waals surface area contributed by atoms with E-state index >= 15 is 0 Å². The van der Waals surface area contributed by atoms with E-state index in [-0.39, 0.29) is 12.0 Å². The number of hydrogen-bond acceptors (Lipinski definition) is 1. The first-order valence-electron chi connectivity index (χ1n) is 6.27. The minimum absolute atomic E-state index is 0.287. The molecule has 1 unspecified atom stereocenters. The first kappa shape index (κ1) is 14.9. The van der Waals surface area contributed by atoms with E-state index < -0.39 is 6.03 Å². The van der Waals surface area contributed by atoms with Crippen LogP contribution in [0.2, 0.25) is 5.02 Å². The van der Waals surface area contributed by atoms with Crippen LogP contribution in [0.5, 0.6) is 0 Å². The molecular weight excluding hydrogens is 288 g/mol. The molecule has 0 aliphatic rings. The summed E-state index contributed by atoms with van der Waals surface area (Å²) in [5, 5.41) is 3.35. The van der Waals surface area contributed by atoms with Crippen molar-refractivity contribution < 1.29 is 4.79 Å². The number of benzene rings is 2. The SMILES string of the molecule is NC(N)=NC(=O)NC(c1ccccc1)c1cccc(Cl)c1. The molecule has 0 saturated carbocycles. The van der Waals surface area contributed by atoms with E-state index in [4.69, 9.17) is 23.1 Å². The Hall–Kier alpha value is -2.53. The van der Waals surface area contributed by atoms with Crippen molar-refractivity contribution in [3.8, 4) is 0 Å². The molecule has 2 aromatic carbocycles. The summed E-state index contributed by atoms with van der Waals surface area (Å²) < 4.78 is 0. The van der Waals surface area contributed by atoms with Gasteiger partial charge in [0.2, 0.25) is 0 Å². The quantitative estimate of drug-likeness (QED) is 0.600. The van der Waals surface area contributed by atoms with Crippen molar-refractivity contribution in [3.05, 3.63) is 70.7 Å². The minimum Gasteiger partial charge on any atom is -0.370 e. The van der Waals surface area contributed by atoms with Crippen LogP contribution in [0.3, 0.4) is 0 Å². The monoisotopic (exact) mass is 302 g/mol. The van der Waals surface area contributed by atoms with Gasteiger partial charge in [-0.05, 0) is 23.3 Å². The summed E-state index contributed by atoms with van der Waals surface area (Å²) in [4.78, 5) is 15.3. The summed E-state index contributed by atoms with van der Waals surface area (Å²) >= 11 is 6.02. The lowest BCUT2D eigenvalue weighted by atomic mass is 9.99. The van der Waals surface area contributed by atoms with Gasteiger partial charge < -0.3 is 16.8 Å². The van der Waals surface area contributed by atoms with E-state index in [9.17, 15) is 4.79 Å². The van der Waals surface area contributed by atoms with Gasteiger partial charge in [-0.2, -0.15) is 4.99 Å². The zero-order valence-corrected chi connectivity index (χ0v) is 11.9. The average Bonchev–Trinajstić information content (AvgIpc) is 2.45. The fraction of sp³-hybridized carbons (Fsp3) is 0.0667. The Morgan fingerprint density at radius 1 is 1.05 bits per heavy atom. The molecule has 0 heterocycles. The normalized spacial score (nSPS) is 11.5. The van der Waals surface area contributed by atoms with Crippen LogP contribution in [0, 0.1) is 0 Å². The highest BCUT2D eigenvalue weighted by atomic mass is 35.5. The van der Waals surface area contributed by atoms with E-state index in [1.807, 2.05) is 42.5 Å². The lowest BCUT2D eigenvalue weighted by Gasteiger charge is -2.18. The molecule has 2 amide bonds. The number of carbonyl (C=O) groups is 1. The number of hydrogen-bond donors (Lipinski definition) is 3. The molecule has 1 atom stereocenters. The number of aliphatic imine (C=N–C) groups is 1. The topological polar surface area (TPSA) is 93.5 Å². The van der Waals surface area contributed by atoms with E-state index in [1.165, 1.54) is 0 Å². The standard InChI is InChI=1S/C15H15ClN4O/c16-12-8-4-7-11(9-12)13(10-5-2-1-3-6-10)19-15(21)20-14(17)18/h1-9,13H,(H5,17,18,19,20,21). The molecule has 0 saturated heterocycles.